The molecule has 1 fully saturated rings. The third-order valence-electron chi connectivity index (χ3n) is 1.82. The molecule has 4 N–H and O–H groups in total. The normalized spacial score (nSPS) is 51.5. The molecule has 1 aliphatic rings. The average Bonchev–Trinajstić information content (AvgIpc) is 2.13. The zero-order chi connectivity index (χ0) is 8.65. The Balaban J connectivity index is 2.69. The first-order valence-corrected chi connectivity index (χ1v) is 3.36. The molecule has 66 valence electrons. The minimum atomic E-state index is -1.76. The molecule has 1 heterocycles. The van der Waals surface area contributed by atoms with Crippen LogP contribution in [0.5, 0.6) is 0 Å². The molecule has 0 spiro atoms. The Kier molecular flexibility index (Phi) is 2.17. The van der Waals surface area contributed by atoms with Crippen molar-refractivity contribution < 1.29 is 25.2 Å². The standard InChI is InChI=1S/C6H12O5/c1-6(10)5(9)4(8)3(2-7)11-6/h3-5,7-10H,2H2,1H3/t3-,4-,5-,6-/m1/s1. The van der Waals surface area contributed by atoms with Crippen molar-refractivity contribution in [2.75, 3.05) is 6.61 Å². The first-order chi connectivity index (χ1) is 4.99. The molecular formula is C6H12O5. The van der Waals surface area contributed by atoms with Gasteiger partial charge in [0.1, 0.15) is 18.3 Å². The van der Waals surface area contributed by atoms with E-state index in [1.165, 1.54) is 6.92 Å². The fourth-order valence-electron chi connectivity index (χ4n) is 1.11. The second-order valence-electron chi connectivity index (χ2n) is 2.83. The summed E-state index contributed by atoms with van der Waals surface area (Å²) < 4.78 is 4.73. The van der Waals surface area contributed by atoms with Gasteiger partial charge in [0, 0.05) is 0 Å². The van der Waals surface area contributed by atoms with Gasteiger partial charge in [0.15, 0.2) is 5.79 Å². The second kappa shape index (κ2) is 2.69. The Morgan fingerprint density at radius 1 is 1.45 bits per heavy atom. The molecule has 11 heavy (non-hydrogen) atoms. The van der Waals surface area contributed by atoms with E-state index in [1.54, 1.807) is 0 Å². The number of hydrogen-bond donors (Lipinski definition) is 4. The van der Waals surface area contributed by atoms with E-state index in [4.69, 9.17) is 20.1 Å². The lowest BCUT2D eigenvalue weighted by molar-refractivity contribution is -0.217. The van der Waals surface area contributed by atoms with Crippen molar-refractivity contribution in [2.24, 2.45) is 0 Å². The van der Waals surface area contributed by atoms with E-state index in [9.17, 15) is 5.11 Å². The summed E-state index contributed by atoms with van der Waals surface area (Å²) in [6.45, 7) is 0.810. The molecule has 0 aliphatic carbocycles. The van der Waals surface area contributed by atoms with Crippen molar-refractivity contribution in [3.05, 3.63) is 0 Å². The number of aliphatic hydroxyl groups is 4. The Hall–Kier alpha value is -0.200. The number of rotatable bonds is 1. The van der Waals surface area contributed by atoms with Gasteiger partial charge in [0.25, 0.3) is 0 Å². The highest BCUT2D eigenvalue weighted by Gasteiger charge is 2.49. The summed E-state index contributed by atoms with van der Waals surface area (Å²) in [4.78, 5) is 0. The van der Waals surface area contributed by atoms with Crippen LogP contribution in [0.3, 0.4) is 0 Å². The van der Waals surface area contributed by atoms with Gasteiger partial charge in [0.05, 0.1) is 6.61 Å². The van der Waals surface area contributed by atoms with Gasteiger partial charge in [-0.3, -0.25) is 0 Å². The van der Waals surface area contributed by atoms with Gasteiger partial charge in [-0.2, -0.15) is 0 Å². The SMILES string of the molecule is C[C@@]1(O)O[C@H](CO)[C@@H](O)[C@H]1O. The van der Waals surface area contributed by atoms with Crippen molar-refractivity contribution in [1.29, 1.82) is 0 Å². The molecule has 1 aliphatic heterocycles. The van der Waals surface area contributed by atoms with Crippen LogP contribution in [0.25, 0.3) is 0 Å². The summed E-state index contributed by atoms with van der Waals surface area (Å²) in [7, 11) is 0. The van der Waals surface area contributed by atoms with Crippen LogP contribution in [0.2, 0.25) is 0 Å². The van der Waals surface area contributed by atoms with Crippen LogP contribution >= 0.6 is 0 Å². The highest BCUT2D eigenvalue weighted by Crippen LogP contribution is 2.27. The third-order valence-corrected chi connectivity index (χ3v) is 1.82. The van der Waals surface area contributed by atoms with Crippen LogP contribution < -0.4 is 0 Å². The van der Waals surface area contributed by atoms with Crippen LogP contribution in [0.15, 0.2) is 0 Å². The predicted octanol–water partition coefficient (Wildman–Crippen LogP) is -2.19. The molecule has 5 heteroatoms. The van der Waals surface area contributed by atoms with Crippen molar-refractivity contribution in [2.45, 2.75) is 31.0 Å². The van der Waals surface area contributed by atoms with Gasteiger partial charge >= 0.3 is 0 Å². The minimum absolute atomic E-state index is 0.422. The van der Waals surface area contributed by atoms with E-state index in [-0.39, 0.29) is 0 Å². The van der Waals surface area contributed by atoms with Crippen LogP contribution in [0.4, 0.5) is 0 Å². The zero-order valence-electron chi connectivity index (χ0n) is 6.14. The van der Waals surface area contributed by atoms with Gasteiger partial charge in [0.2, 0.25) is 0 Å². The highest BCUT2D eigenvalue weighted by molar-refractivity contribution is 4.92. The predicted molar refractivity (Wildman–Crippen MR) is 34.6 cm³/mol. The lowest BCUT2D eigenvalue weighted by atomic mass is 10.1. The van der Waals surface area contributed by atoms with Crippen molar-refractivity contribution in [3.8, 4) is 0 Å². The maximum Gasteiger partial charge on any atom is 0.192 e. The average molecular weight is 164 g/mol. The smallest absolute Gasteiger partial charge is 0.192 e. The van der Waals surface area contributed by atoms with Crippen LogP contribution in [-0.4, -0.2) is 51.1 Å². The van der Waals surface area contributed by atoms with Crippen LogP contribution in [0, 0.1) is 0 Å². The molecule has 0 aromatic heterocycles. The molecule has 5 nitrogen and oxygen atoms in total. The molecule has 0 aromatic rings. The molecule has 0 radical (unpaired) electrons. The molecule has 0 aromatic carbocycles. The Morgan fingerprint density at radius 3 is 2.18 bits per heavy atom. The lowest BCUT2D eigenvalue weighted by Crippen LogP contribution is -2.40. The topological polar surface area (TPSA) is 90.2 Å². The van der Waals surface area contributed by atoms with Crippen LogP contribution in [0.1, 0.15) is 6.92 Å². The number of hydrogen-bond acceptors (Lipinski definition) is 5. The van der Waals surface area contributed by atoms with Crippen molar-refractivity contribution in [1.82, 2.24) is 0 Å². The van der Waals surface area contributed by atoms with Gasteiger partial charge in [-0.25, -0.2) is 0 Å². The zero-order valence-corrected chi connectivity index (χ0v) is 6.14. The molecule has 1 rings (SSSR count). The van der Waals surface area contributed by atoms with Crippen LogP contribution in [-0.2, 0) is 4.74 Å². The Labute approximate surface area is 63.8 Å². The second-order valence-corrected chi connectivity index (χ2v) is 2.83. The molecule has 0 unspecified atom stereocenters. The maximum atomic E-state index is 9.19. The molecule has 4 atom stereocenters. The minimum Gasteiger partial charge on any atom is -0.394 e. The first-order valence-electron chi connectivity index (χ1n) is 3.36. The first kappa shape index (κ1) is 8.89. The monoisotopic (exact) mass is 164 g/mol. The van der Waals surface area contributed by atoms with E-state index in [0.29, 0.717) is 0 Å². The number of ether oxygens (including phenoxy) is 1. The summed E-state index contributed by atoms with van der Waals surface area (Å²) in [5, 5.41) is 36.0. The largest absolute Gasteiger partial charge is 0.394 e. The lowest BCUT2D eigenvalue weighted by Gasteiger charge is -2.19. The molecule has 0 saturated carbocycles. The highest BCUT2D eigenvalue weighted by atomic mass is 16.7. The van der Waals surface area contributed by atoms with Gasteiger partial charge < -0.3 is 25.2 Å². The summed E-state index contributed by atoms with van der Waals surface area (Å²) >= 11 is 0. The van der Waals surface area contributed by atoms with Crippen molar-refractivity contribution in [3.63, 3.8) is 0 Å². The summed E-state index contributed by atoms with van der Waals surface area (Å²) in [6.07, 6.45) is -3.49. The number of aliphatic hydroxyl groups excluding tert-OH is 3. The molecule has 0 bridgehead atoms. The Morgan fingerprint density at radius 2 is 2.00 bits per heavy atom. The summed E-state index contributed by atoms with van der Waals surface area (Å²) in [5.41, 5.74) is 0. The summed E-state index contributed by atoms with van der Waals surface area (Å²) in [5.74, 6) is -1.76. The molecule has 1 saturated heterocycles. The van der Waals surface area contributed by atoms with Gasteiger partial charge in [-0.1, -0.05) is 0 Å². The molecular weight excluding hydrogens is 152 g/mol. The van der Waals surface area contributed by atoms with E-state index in [0.717, 1.165) is 0 Å². The third kappa shape index (κ3) is 1.38. The Bertz CT molecular complexity index is 146. The van der Waals surface area contributed by atoms with E-state index >= 15 is 0 Å². The van der Waals surface area contributed by atoms with Gasteiger partial charge in [-0.05, 0) is 6.92 Å². The van der Waals surface area contributed by atoms with E-state index in [2.05, 4.69) is 0 Å². The van der Waals surface area contributed by atoms with E-state index < -0.39 is 30.7 Å². The summed E-state index contributed by atoms with van der Waals surface area (Å²) in [6, 6.07) is 0. The maximum absolute atomic E-state index is 9.19. The van der Waals surface area contributed by atoms with E-state index in [1.807, 2.05) is 0 Å². The quantitative estimate of drug-likeness (QED) is 0.353. The van der Waals surface area contributed by atoms with Gasteiger partial charge in [-0.15, -0.1) is 0 Å². The molecule has 0 amide bonds. The van der Waals surface area contributed by atoms with Crippen molar-refractivity contribution >= 4 is 0 Å². The fourth-order valence-corrected chi connectivity index (χ4v) is 1.11. The fraction of sp³-hybridized carbons (Fsp3) is 1.00.